The number of non-ortho nitro benzene ring substituents is 1. The molecule has 0 spiro atoms. The molecule has 1 aromatic carbocycles. The number of nitro benzene ring substituents is 1. The molecule has 0 radical (unpaired) electrons. The summed E-state index contributed by atoms with van der Waals surface area (Å²) in [7, 11) is 0. The van der Waals surface area contributed by atoms with Crippen molar-refractivity contribution in [3.05, 3.63) is 33.9 Å². The lowest BCUT2D eigenvalue weighted by Gasteiger charge is -2.03. The first-order valence-corrected chi connectivity index (χ1v) is 4.72. The van der Waals surface area contributed by atoms with E-state index in [1.54, 1.807) is 6.07 Å². The molecule has 0 saturated heterocycles. The second kappa shape index (κ2) is 3.34. The molecule has 5 heteroatoms. The first kappa shape index (κ1) is 9.64. The van der Waals surface area contributed by atoms with Crippen LogP contribution in [-0.2, 0) is 4.79 Å². The van der Waals surface area contributed by atoms with Crippen molar-refractivity contribution in [1.29, 1.82) is 0 Å². The summed E-state index contributed by atoms with van der Waals surface area (Å²) < 4.78 is 0. The van der Waals surface area contributed by atoms with Crippen LogP contribution in [0.3, 0.4) is 0 Å². The number of nitrogens with one attached hydrogen (secondary N) is 1. The topological polar surface area (TPSA) is 72.2 Å². The highest BCUT2D eigenvalue weighted by Crippen LogP contribution is 2.36. The van der Waals surface area contributed by atoms with Gasteiger partial charge in [-0.3, -0.25) is 14.9 Å². The zero-order valence-corrected chi connectivity index (χ0v) is 8.19. The smallest absolute Gasteiger partial charge is 0.269 e. The molecule has 1 aromatic rings. The van der Waals surface area contributed by atoms with Crippen molar-refractivity contribution in [2.75, 3.05) is 5.32 Å². The van der Waals surface area contributed by atoms with E-state index >= 15 is 0 Å². The molecule has 1 aliphatic heterocycles. The molecule has 1 amide bonds. The Morgan fingerprint density at radius 3 is 2.87 bits per heavy atom. The molecule has 0 unspecified atom stereocenters. The summed E-state index contributed by atoms with van der Waals surface area (Å²) in [4.78, 5) is 21.6. The minimum absolute atomic E-state index is 0.0312. The standard InChI is InChI=1S/C10H10N2O3/c1-2-7-8-5-6(12(14)15)3-4-9(8)11-10(7)13/h3-5,7H,2H2,1H3,(H,11,13)/t7-/m0/s1. The Labute approximate surface area is 86.2 Å². The van der Waals surface area contributed by atoms with Crippen LogP contribution in [0.5, 0.6) is 0 Å². The Hall–Kier alpha value is -1.91. The Kier molecular flexibility index (Phi) is 2.15. The maximum atomic E-state index is 11.5. The molecular weight excluding hydrogens is 196 g/mol. The van der Waals surface area contributed by atoms with Crippen LogP contribution in [0.25, 0.3) is 0 Å². The van der Waals surface area contributed by atoms with Crippen LogP contribution in [0, 0.1) is 10.1 Å². The molecule has 0 fully saturated rings. The van der Waals surface area contributed by atoms with Crippen LogP contribution < -0.4 is 5.32 Å². The van der Waals surface area contributed by atoms with Gasteiger partial charge in [-0.2, -0.15) is 0 Å². The van der Waals surface area contributed by atoms with Crippen molar-refractivity contribution < 1.29 is 9.72 Å². The summed E-state index contributed by atoms with van der Waals surface area (Å²) in [5.41, 5.74) is 1.46. The highest BCUT2D eigenvalue weighted by Gasteiger charge is 2.30. The van der Waals surface area contributed by atoms with Crippen molar-refractivity contribution in [2.45, 2.75) is 19.3 Å². The van der Waals surface area contributed by atoms with E-state index in [0.29, 0.717) is 12.1 Å². The lowest BCUT2D eigenvalue weighted by molar-refractivity contribution is -0.384. The van der Waals surface area contributed by atoms with Crippen molar-refractivity contribution in [1.82, 2.24) is 0 Å². The van der Waals surface area contributed by atoms with Crippen LogP contribution >= 0.6 is 0 Å². The first-order valence-electron chi connectivity index (χ1n) is 4.72. The maximum absolute atomic E-state index is 11.5. The summed E-state index contributed by atoms with van der Waals surface area (Å²) in [6, 6.07) is 4.46. The van der Waals surface area contributed by atoms with Crippen LogP contribution in [0.4, 0.5) is 11.4 Å². The average Bonchev–Trinajstić information content (AvgIpc) is 2.51. The van der Waals surface area contributed by atoms with Crippen LogP contribution in [0.1, 0.15) is 24.8 Å². The fourth-order valence-corrected chi connectivity index (χ4v) is 1.83. The quantitative estimate of drug-likeness (QED) is 0.594. The Morgan fingerprint density at radius 1 is 1.53 bits per heavy atom. The summed E-state index contributed by atoms with van der Waals surface area (Å²) in [6.45, 7) is 1.89. The van der Waals surface area contributed by atoms with Gasteiger partial charge < -0.3 is 5.32 Å². The number of rotatable bonds is 2. The van der Waals surface area contributed by atoms with Crippen molar-refractivity contribution in [3.63, 3.8) is 0 Å². The van der Waals surface area contributed by atoms with Crippen molar-refractivity contribution >= 4 is 17.3 Å². The van der Waals surface area contributed by atoms with Crippen molar-refractivity contribution in [3.8, 4) is 0 Å². The molecule has 1 atom stereocenters. The van der Waals surface area contributed by atoms with E-state index < -0.39 is 4.92 Å². The molecule has 5 nitrogen and oxygen atoms in total. The van der Waals surface area contributed by atoms with E-state index in [-0.39, 0.29) is 17.5 Å². The maximum Gasteiger partial charge on any atom is 0.269 e. The number of hydrogen-bond acceptors (Lipinski definition) is 3. The van der Waals surface area contributed by atoms with Crippen molar-refractivity contribution in [2.24, 2.45) is 0 Å². The highest BCUT2D eigenvalue weighted by atomic mass is 16.6. The number of anilines is 1. The van der Waals surface area contributed by atoms with Crippen LogP contribution in [-0.4, -0.2) is 10.8 Å². The molecule has 1 N–H and O–H groups in total. The zero-order chi connectivity index (χ0) is 11.0. The van der Waals surface area contributed by atoms with Gasteiger partial charge in [0.1, 0.15) is 0 Å². The van der Waals surface area contributed by atoms with Gasteiger partial charge in [0, 0.05) is 17.8 Å². The van der Waals surface area contributed by atoms with Gasteiger partial charge in [-0.25, -0.2) is 0 Å². The summed E-state index contributed by atoms with van der Waals surface area (Å²) >= 11 is 0. The summed E-state index contributed by atoms with van der Waals surface area (Å²) in [5, 5.41) is 13.3. The predicted octanol–water partition coefficient (Wildman–Crippen LogP) is 2.04. The number of hydrogen-bond donors (Lipinski definition) is 1. The van der Waals surface area contributed by atoms with Gasteiger partial charge in [-0.05, 0) is 18.1 Å². The van der Waals surface area contributed by atoms with E-state index in [0.717, 1.165) is 5.56 Å². The third-order valence-electron chi connectivity index (χ3n) is 2.60. The number of carbonyl (C=O) groups excluding carboxylic acids is 1. The number of amides is 1. The van der Waals surface area contributed by atoms with Gasteiger partial charge >= 0.3 is 0 Å². The third kappa shape index (κ3) is 1.45. The van der Waals surface area contributed by atoms with E-state index in [1.165, 1.54) is 12.1 Å². The summed E-state index contributed by atoms with van der Waals surface area (Å²) in [5.74, 6) is -0.326. The molecule has 0 aromatic heterocycles. The molecule has 2 rings (SSSR count). The van der Waals surface area contributed by atoms with E-state index in [4.69, 9.17) is 0 Å². The second-order valence-corrected chi connectivity index (χ2v) is 3.48. The Balaban J connectivity index is 2.49. The number of carbonyl (C=O) groups is 1. The normalized spacial score (nSPS) is 18.5. The van der Waals surface area contributed by atoms with E-state index in [2.05, 4.69) is 5.32 Å². The molecule has 1 aliphatic rings. The summed E-state index contributed by atoms with van der Waals surface area (Å²) in [6.07, 6.45) is 0.653. The molecule has 0 saturated carbocycles. The van der Waals surface area contributed by atoms with Gasteiger partial charge in [0.15, 0.2) is 0 Å². The zero-order valence-electron chi connectivity index (χ0n) is 8.19. The predicted molar refractivity (Wildman–Crippen MR) is 54.8 cm³/mol. The van der Waals surface area contributed by atoms with Gasteiger partial charge in [0.2, 0.25) is 5.91 Å². The minimum atomic E-state index is -0.449. The van der Waals surface area contributed by atoms with Gasteiger partial charge in [0.25, 0.3) is 5.69 Å². The number of nitrogens with zero attached hydrogens (tertiary/aromatic N) is 1. The second-order valence-electron chi connectivity index (χ2n) is 3.48. The molecule has 0 aliphatic carbocycles. The lowest BCUT2D eigenvalue weighted by Crippen LogP contribution is -2.10. The first-order chi connectivity index (χ1) is 7.13. The molecule has 0 bridgehead atoms. The fourth-order valence-electron chi connectivity index (χ4n) is 1.83. The molecule has 15 heavy (non-hydrogen) atoms. The molecular formula is C10H10N2O3. The molecule has 78 valence electrons. The number of benzene rings is 1. The highest BCUT2D eigenvalue weighted by molar-refractivity contribution is 6.03. The van der Waals surface area contributed by atoms with E-state index in [1.807, 2.05) is 6.92 Å². The van der Waals surface area contributed by atoms with Crippen LogP contribution in [0.2, 0.25) is 0 Å². The monoisotopic (exact) mass is 206 g/mol. The fraction of sp³-hybridized carbons (Fsp3) is 0.300. The minimum Gasteiger partial charge on any atom is -0.325 e. The van der Waals surface area contributed by atoms with Gasteiger partial charge in [-0.1, -0.05) is 6.92 Å². The number of fused-ring (bicyclic) bond motifs is 1. The lowest BCUT2D eigenvalue weighted by atomic mass is 9.98. The largest absolute Gasteiger partial charge is 0.325 e. The van der Waals surface area contributed by atoms with Gasteiger partial charge in [-0.15, -0.1) is 0 Å². The van der Waals surface area contributed by atoms with E-state index in [9.17, 15) is 14.9 Å². The third-order valence-corrected chi connectivity index (χ3v) is 2.60. The molecule has 1 heterocycles. The Morgan fingerprint density at radius 2 is 2.27 bits per heavy atom. The Bertz CT molecular complexity index is 442. The average molecular weight is 206 g/mol. The SMILES string of the molecule is CC[C@@H]1C(=O)Nc2ccc([N+](=O)[O-])cc21. The van der Waals surface area contributed by atoms with Gasteiger partial charge in [0.05, 0.1) is 10.8 Å². The number of nitro groups is 1. The van der Waals surface area contributed by atoms with Crippen LogP contribution in [0.15, 0.2) is 18.2 Å².